The summed E-state index contributed by atoms with van der Waals surface area (Å²) in [4.78, 5) is 13.0. The molecule has 178 valence electrons. The summed E-state index contributed by atoms with van der Waals surface area (Å²) in [5.41, 5.74) is 3.39. The second kappa shape index (κ2) is 9.66. The molecule has 1 N–H and O–H groups in total. The van der Waals surface area contributed by atoms with Gasteiger partial charge in [-0.2, -0.15) is 4.31 Å². The van der Waals surface area contributed by atoms with Crippen LogP contribution < -0.4 is 9.62 Å². The van der Waals surface area contributed by atoms with Crippen LogP contribution in [0.1, 0.15) is 37.0 Å². The molecule has 8 nitrogen and oxygen atoms in total. The number of allylic oxidation sites excluding steroid dienone is 1. The molecule has 0 atom stereocenters. The van der Waals surface area contributed by atoms with E-state index in [1.165, 1.54) is 52.8 Å². The van der Waals surface area contributed by atoms with Gasteiger partial charge in [0.25, 0.3) is 5.91 Å². The molecule has 2 aromatic rings. The maximum absolute atomic E-state index is 13.0. The molecule has 0 aromatic heterocycles. The number of piperidine rings is 1. The van der Waals surface area contributed by atoms with Gasteiger partial charge in [-0.25, -0.2) is 16.8 Å². The fraction of sp³-hybridized carbons (Fsp3) is 0.348. The number of rotatable bonds is 6. The van der Waals surface area contributed by atoms with Crippen LogP contribution in [0.3, 0.4) is 0 Å². The van der Waals surface area contributed by atoms with Crippen LogP contribution in [-0.4, -0.2) is 53.4 Å². The first-order valence-corrected chi connectivity index (χ1v) is 13.8. The van der Waals surface area contributed by atoms with Gasteiger partial charge < -0.3 is 5.32 Å². The second-order valence-corrected chi connectivity index (χ2v) is 12.2. The molecular weight excluding hydrogens is 462 g/mol. The molecule has 2 aromatic carbocycles. The van der Waals surface area contributed by atoms with Crippen LogP contribution in [0.4, 0.5) is 11.4 Å². The zero-order valence-corrected chi connectivity index (χ0v) is 20.8. The highest BCUT2D eigenvalue weighted by molar-refractivity contribution is 7.92. The van der Waals surface area contributed by atoms with Gasteiger partial charge in [0.1, 0.15) is 0 Å². The minimum Gasteiger partial charge on any atom is -0.322 e. The van der Waals surface area contributed by atoms with Gasteiger partial charge in [0.05, 0.1) is 22.4 Å². The van der Waals surface area contributed by atoms with E-state index in [1.807, 2.05) is 13.8 Å². The maximum atomic E-state index is 13.0. The van der Waals surface area contributed by atoms with Gasteiger partial charge in [0.2, 0.25) is 20.0 Å². The minimum atomic E-state index is -3.62. The molecule has 0 spiro atoms. The van der Waals surface area contributed by atoms with E-state index in [4.69, 9.17) is 0 Å². The van der Waals surface area contributed by atoms with E-state index in [9.17, 15) is 21.6 Å². The quantitative estimate of drug-likeness (QED) is 0.624. The highest BCUT2D eigenvalue weighted by Gasteiger charge is 2.27. The summed E-state index contributed by atoms with van der Waals surface area (Å²) in [5, 5.41) is 2.71. The number of hydrogen-bond donors (Lipinski definition) is 1. The van der Waals surface area contributed by atoms with Crippen molar-refractivity contribution in [1.29, 1.82) is 0 Å². The van der Waals surface area contributed by atoms with Gasteiger partial charge in [0.15, 0.2) is 0 Å². The number of para-hydroxylation sites is 1. The Bertz CT molecular complexity index is 1270. The Hall–Kier alpha value is -2.69. The molecule has 1 amide bonds. The number of benzene rings is 2. The van der Waals surface area contributed by atoms with Crippen molar-refractivity contribution in [2.24, 2.45) is 0 Å². The molecule has 1 aliphatic heterocycles. The van der Waals surface area contributed by atoms with Crippen molar-refractivity contribution in [3.05, 3.63) is 65.2 Å². The summed E-state index contributed by atoms with van der Waals surface area (Å²) < 4.78 is 52.3. The molecule has 1 aliphatic rings. The topological polar surface area (TPSA) is 104 Å². The zero-order valence-electron chi connectivity index (χ0n) is 19.2. The molecule has 1 fully saturated rings. The molecule has 0 saturated carbocycles. The SMILES string of the molecule is CC(C)=C1CCN(S(=O)(=O)c2ccc(NC(=O)c3ccccc3N(C)S(C)(=O)=O)cc2)CC1. The molecule has 3 rings (SSSR count). The first-order chi connectivity index (χ1) is 15.4. The Morgan fingerprint density at radius 3 is 2.06 bits per heavy atom. The van der Waals surface area contributed by atoms with Gasteiger partial charge in [-0.05, 0) is 63.1 Å². The summed E-state index contributed by atoms with van der Waals surface area (Å²) in [6.07, 6.45) is 2.53. The Morgan fingerprint density at radius 2 is 1.52 bits per heavy atom. The van der Waals surface area contributed by atoms with Crippen LogP contribution in [0, 0.1) is 0 Å². The van der Waals surface area contributed by atoms with Crippen LogP contribution >= 0.6 is 0 Å². The Kier molecular flexibility index (Phi) is 7.30. The lowest BCUT2D eigenvalue weighted by Crippen LogP contribution is -2.36. The van der Waals surface area contributed by atoms with Crippen LogP contribution in [0.5, 0.6) is 0 Å². The zero-order chi connectivity index (χ0) is 24.4. The number of anilines is 2. The minimum absolute atomic E-state index is 0.165. The largest absolute Gasteiger partial charge is 0.322 e. The van der Waals surface area contributed by atoms with Crippen molar-refractivity contribution < 1.29 is 21.6 Å². The van der Waals surface area contributed by atoms with E-state index < -0.39 is 26.0 Å². The molecule has 0 unspecified atom stereocenters. The van der Waals surface area contributed by atoms with Gasteiger partial charge in [0, 0.05) is 25.8 Å². The Morgan fingerprint density at radius 1 is 0.939 bits per heavy atom. The van der Waals surface area contributed by atoms with Gasteiger partial charge >= 0.3 is 0 Å². The van der Waals surface area contributed by atoms with E-state index in [2.05, 4.69) is 5.32 Å². The molecule has 10 heteroatoms. The predicted octanol–water partition coefficient (Wildman–Crippen LogP) is 3.46. The van der Waals surface area contributed by atoms with Crippen LogP contribution in [0.25, 0.3) is 0 Å². The number of nitrogens with zero attached hydrogens (tertiary/aromatic N) is 2. The molecule has 1 heterocycles. The Balaban J connectivity index is 1.76. The van der Waals surface area contributed by atoms with E-state index in [0.29, 0.717) is 18.8 Å². The van der Waals surface area contributed by atoms with Crippen molar-refractivity contribution in [3.63, 3.8) is 0 Å². The number of carbonyl (C=O) groups is 1. The normalized spacial score (nSPS) is 15.2. The van der Waals surface area contributed by atoms with Crippen LogP contribution in [-0.2, 0) is 20.0 Å². The third kappa shape index (κ3) is 5.63. The third-order valence-corrected chi connectivity index (χ3v) is 8.87. The number of hydrogen-bond acceptors (Lipinski definition) is 5. The summed E-state index contributed by atoms with van der Waals surface area (Å²) in [7, 11) is -5.79. The monoisotopic (exact) mass is 491 g/mol. The lowest BCUT2D eigenvalue weighted by Gasteiger charge is -2.28. The second-order valence-electron chi connectivity index (χ2n) is 8.23. The van der Waals surface area contributed by atoms with E-state index >= 15 is 0 Å². The summed E-state index contributed by atoms with van der Waals surface area (Å²) in [6.45, 7) is 4.99. The third-order valence-electron chi connectivity index (χ3n) is 5.77. The average Bonchev–Trinajstić information content (AvgIpc) is 2.78. The highest BCUT2D eigenvalue weighted by atomic mass is 32.2. The number of carbonyl (C=O) groups excluding carboxylic acids is 1. The predicted molar refractivity (Wildman–Crippen MR) is 130 cm³/mol. The lowest BCUT2D eigenvalue weighted by molar-refractivity contribution is 0.102. The van der Waals surface area contributed by atoms with E-state index in [-0.39, 0.29) is 16.1 Å². The summed E-state index contributed by atoms with van der Waals surface area (Å²) in [6, 6.07) is 12.4. The standard InChI is InChI=1S/C23H29N3O5S2/c1-17(2)18-13-15-26(16-14-18)33(30,31)20-11-9-19(10-12-20)24-23(27)21-7-5-6-8-22(21)25(3)32(4,28)29/h5-12H,13-16H2,1-4H3,(H,24,27). The molecule has 33 heavy (non-hydrogen) atoms. The number of nitrogens with one attached hydrogen (secondary N) is 1. The highest BCUT2D eigenvalue weighted by Crippen LogP contribution is 2.27. The van der Waals surface area contributed by atoms with Crippen molar-refractivity contribution in [3.8, 4) is 0 Å². The van der Waals surface area contributed by atoms with Gasteiger partial charge in [-0.3, -0.25) is 9.10 Å². The van der Waals surface area contributed by atoms with Crippen LogP contribution in [0.2, 0.25) is 0 Å². The van der Waals surface area contributed by atoms with Crippen molar-refractivity contribution in [2.75, 3.05) is 36.0 Å². The van der Waals surface area contributed by atoms with Gasteiger partial charge in [-0.15, -0.1) is 0 Å². The Labute approximate surface area is 196 Å². The molecular formula is C23H29N3O5S2. The molecule has 0 aliphatic carbocycles. The average molecular weight is 492 g/mol. The number of amides is 1. The molecule has 0 bridgehead atoms. The van der Waals surface area contributed by atoms with Crippen LogP contribution in [0.15, 0.2) is 64.6 Å². The number of sulfonamides is 2. The summed E-state index contributed by atoms with van der Waals surface area (Å²) in [5.74, 6) is -0.498. The van der Waals surface area contributed by atoms with Crippen molar-refractivity contribution in [2.45, 2.75) is 31.6 Å². The fourth-order valence-electron chi connectivity index (χ4n) is 3.67. The fourth-order valence-corrected chi connectivity index (χ4v) is 5.63. The van der Waals surface area contributed by atoms with E-state index in [0.717, 1.165) is 23.4 Å². The first-order valence-electron chi connectivity index (χ1n) is 10.5. The van der Waals surface area contributed by atoms with Crippen molar-refractivity contribution in [1.82, 2.24) is 4.31 Å². The summed E-state index contributed by atoms with van der Waals surface area (Å²) >= 11 is 0. The van der Waals surface area contributed by atoms with Crippen molar-refractivity contribution >= 4 is 37.3 Å². The lowest BCUT2D eigenvalue weighted by atomic mass is 10.0. The molecule has 0 radical (unpaired) electrons. The van der Waals surface area contributed by atoms with Gasteiger partial charge in [-0.1, -0.05) is 23.3 Å². The first kappa shape index (κ1) is 24.9. The molecule has 1 saturated heterocycles. The maximum Gasteiger partial charge on any atom is 0.257 e. The smallest absolute Gasteiger partial charge is 0.257 e. The van der Waals surface area contributed by atoms with E-state index in [1.54, 1.807) is 18.2 Å².